The second kappa shape index (κ2) is 3.23. The molecule has 50 valence electrons. The molecule has 0 radical (unpaired) electrons. The van der Waals surface area contributed by atoms with Gasteiger partial charge >= 0.3 is 0 Å². The van der Waals surface area contributed by atoms with Gasteiger partial charge in [0, 0.05) is 14.5 Å². The molecule has 0 saturated heterocycles. The van der Waals surface area contributed by atoms with E-state index in [1.54, 1.807) is 0 Å². The summed E-state index contributed by atoms with van der Waals surface area (Å²) in [6, 6.07) is 5.73. The molecule has 0 bridgehead atoms. The lowest BCUT2D eigenvalue weighted by Crippen LogP contribution is -1.76. The zero-order valence-corrected chi connectivity index (χ0v) is 8.24. The fourth-order valence-corrected chi connectivity index (χ4v) is 1.36. The van der Waals surface area contributed by atoms with Gasteiger partial charge in [0.05, 0.1) is 0 Å². The van der Waals surface area contributed by atoms with Crippen LogP contribution in [-0.4, -0.2) is 0 Å². The van der Waals surface area contributed by atoms with Crippen LogP contribution < -0.4 is 0 Å². The summed E-state index contributed by atoms with van der Waals surface area (Å²) in [4.78, 5) is 0. The number of hydrogen-bond donors (Lipinski definition) is 0. The van der Waals surface area contributed by atoms with Crippen LogP contribution in [0.25, 0.3) is 0 Å². The van der Waals surface area contributed by atoms with Gasteiger partial charge in [-0.3, -0.25) is 0 Å². The Labute approximate surface area is 76.9 Å². The van der Waals surface area contributed by atoms with Crippen molar-refractivity contribution in [3.63, 3.8) is 0 Å². The van der Waals surface area contributed by atoms with E-state index in [2.05, 4.69) is 37.8 Å². The van der Waals surface area contributed by atoms with Gasteiger partial charge in [-0.2, -0.15) is 0 Å². The zero-order chi connectivity index (χ0) is 7.56. The van der Waals surface area contributed by atoms with E-state index in [0.29, 0.717) is 0 Å². The van der Waals surface area contributed by atoms with Crippen molar-refractivity contribution in [2.24, 2.45) is 0 Å². The van der Waals surface area contributed by atoms with E-state index in [1.165, 1.54) is 0 Å². The third-order valence-electron chi connectivity index (χ3n) is 1.11. The normalized spacial score (nSPS) is 8.90. The molecule has 0 saturated carbocycles. The molecule has 0 atom stereocenters. The first-order valence-corrected chi connectivity index (χ1v) is 4.25. The van der Waals surface area contributed by atoms with Crippen molar-refractivity contribution in [2.45, 2.75) is 0 Å². The van der Waals surface area contributed by atoms with E-state index in [9.17, 15) is 0 Å². The number of terminal acetylenes is 1. The lowest BCUT2D eigenvalue weighted by molar-refractivity contribution is 1.54. The second-order valence-corrected chi connectivity index (χ2v) is 3.39. The molecule has 10 heavy (non-hydrogen) atoms. The fraction of sp³-hybridized carbons (Fsp3) is 0. The molecule has 1 aromatic rings. The van der Waals surface area contributed by atoms with Crippen molar-refractivity contribution in [1.29, 1.82) is 0 Å². The van der Waals surface area contributed by atoms with Crippen LogP contribution in [-0.2, 0) is 0 Å². The predicted molar refractivity (Wildman–Crippen MR) is 49.8 cm³/mol. The van der Waals surface area contributed by atoms with Gasteiger partial charge in [0.25, 0.3) is 0 Å². The summed E-state index contributed by atoms with van der Waals surface area (Å²) in [7, 11) is 0. The van der Waals surface area contributed by atoms with Crippen LogP contribution in [0, 0.1) is 12.3 Å². The maximum absolute atomic E-state index is 5.22. The summed E-state index contributed by atoms with van der Waals surface area (Å²) in [6.45, 7) is 0. The van der Waals surface area contributed by atoms with Crippen LogP contribution in [0.2, 0.25) is 0 Å². The van der Waals surface area contributed by atoms with Crippen LogP contribution in [0.4, 0.5) is 0 Å². The molecule has 1 rings (SSSR count). The molecule has 1 aromatic carbocycles. The van der Waals surface area contributed by atoms with E-state index >= 15 is 0 Å². The number of hydrogen-bond acceptors (Lipinski definition) is 0. The minimum absolute atomic E-state index is 0.870. The van der Waals surface area contributed by atoms with Crippen molar-refractivity contribution < 1.29 is 0 Å². The predicted octanol–water partition coefficient (Wildman–Crippen LogP) is 3.19. The highest BCUT2D eigenvalue weighted by Gasteiger charge is 1.98. The van der Waals surface area contributed by atoms with E-state index < -0.39 is 0 Å². The summed E-state index contributed by atoms with van der Waals surface area (Å²) >= 11 is 6.70. The summed E-state index contributed by atoms with van der Waals surface area (Å²) in [5.41, 5.74) is 0.870. The highest BCUT2D eigenvalue weighted by Crippen LogP contribution is 2.25. The molecule has 0 aliphatic rings. The smallest absolute Gasteiger partial charge is 0.0473 e. The molecule has 0 amide bonds. The van der Waals surface area contributed by atoms with Crippen LogP contribution in [0.15, 0.2) is 27.1 Å². The summed E-state index contributed by atoms with van der Waals surface area (Å²) in [6.07, 6.45) is 5.22. The van der Waals surface area contributed by atoms with Crippen LogP contribution in [0.3, 0.4) is 0 Å². The number of halogens is 2. The van der Waals surface area contributed by atoms with Gasteiger partial charge in [0.1, 0.15) is 0 Å². The van der Waals surface area contributed by atoms with Crippen molar-refractivity contribution in [3.05, 3.63) is 32.7 Å². The van der Waals surface area contributed by atoms with Crippen molar-refractivity contribution in [1.82, 2.24) is 0 Å². The van der Waals surface area contributed by atoms with E-state index in [4.69, 9.17) is 6.42 Å². The van der Waals surface area contributed by atoms with Gasteiger partial charge in [-0.1, -0.05) is 12.0 Å². The molecule has 0 spiro atoms. The first-order chi connectivity index (χ1) is 4.75. The average molecular weight is 260 g/mol. The second-order valence-electron chi connectivity index (χ2n) is 1.75. The Kier molecular flexibility index (Phi) is 2.53. The Hall–Kier alpha value is -0.260. The van der Waals surface area contributed by atoms with E-state index in [-0.39, 0.29) is 0 Å². The maximum atomic E-state index is 5.22. The Bertz CT molecular complexity index is 284. The molecule has 0 fully saturated rings. The fourth-order valence-electron chi connectivity index (χ4n) is 0.615. The molecule has 0 aliphatic carbocycles. The van der Waals surface area contributed by atoms with Crippen molar-refractivity contribution >= 4 is 31.9 Å². The SMILES string of the molecule is C#Cc1cccc(Br)c1Br. The highest BCUT2D eigenvalue weighted by atomic mass is 79.9. The molecule has 0 nitrogen and oxygen atoms in total. The minimum atomic E-state index is 0.870. The molecule has 0 unspecified atom stereocenters. The summed E-state index contributed by atoms with van der Waals surface area (Å²) in [5, 5.41) is 0. The van der Waals surface area contributed by atoms with Gasteiger partial charge < -0.3 is 0 Å². The first-order valence-electron chi connectivity index (χ1n) is 2.66. The molecule has 2 heteroatoms. The molecule has 0 aliphatic heterocycles. The van der Waals surface area contributed by atoms with Crippen LogP contribution in [0.1, 0.15) is 5.56 Å². The standard InChI is InChI=1S/C8H4Br2/c1-2-6-4-3-5-7(9)8(6)10/h1,3-5H. The Morgan fingerprint density at radius 2 is 2.00 bits per heavy atom. The topological polar surface area (TPSA) is 0 Å². The largest absolute Gasteiger partial charge is 0.115 e. The van der Waals surface area contributed by atoms with Crippen molar-refractivity contribution in [2.75, 3.05) is 0 Å². The Balaban J connectivity index is 3.31. The lowest BCUT2D eigenvalue weighted by Gasteiger charge is -1.96. The lowest BCUT2D eigenvalue weighted by atomic mass is 10.2. The van der Waals surface area contributed by atoms with Gasteiger partial charge in [0.2, 0.25) is 0 Å². The molecule has 0 heterocycles. The monoisotopic (exact) mass is 258 g/mol. The Morgan fingerprint density at radius 3 is 2.50 bits per heavy atom. The molecular weight excluding hydrogens is 256 g/mol. The zero-order valence-electron chi connectivity index (χ0n) is 5.07. The summed E-state index contributed by atoms with van der Waals surface area (Å²) in [5.74, 6) is 2.56. The van der Waals surface area contributed by atoms with Gasteiger partial charge in [-0.05, 0) is 44.0 Å². The van der Waals surface area contributed by atoms with Crippen molar-refractivity contribution in [3.8, 4) is 12.3 Å². The highest BCUT2D eigenvalue weighted by molar-refractivity contribution is 9.13. The van der Waals surface area contributed by atoms with Gasteiger partial charge in [-0.25, -0.2) is 0 Å². The van der Waals surface area contributed by atoms with Gasteiger partial charge in [-0.15, -0.1) is 6.42 Å². The molecular formula is C8H4Br2. The number of rotatable bonds is 0. The molecule has 0 aromatic heterocycles. The average Bonchev–Trinajstić information content (AvgIpc) is 1.95. The quantitative estimate of drug-likeness (QED) is 0.628. The van der Waals surface area contributed by atoms with E-state index in [0.717, 1.165) is 14.5 Å². The first kappa shape index (κ1) is 7.84. The minimum Gasteiger partial charge on any atom is -0.115 e. The van der Waals surface area contributed by atoms with Crippen LogP contribution in [0.5, 0.6) is 0 Å². The number of benzene rings is 1. The van der Waals surface area contributed by atoms with Gasteiger partial charge in [0.15, 0.2) is 0 Å². The maximum Gasteiger partial charge on any atom is 0.0473 e. The van der Waals surface area contributed by atoms with Crippen LogP contribution >= 0.6 is 31.9 Å². The molecule has 0 N–H and O–H groups in total. The third kappa shape index (κ3) is 1.42. The third-order valence-corrected chi connectivity index (χ3v) is 3.15. The summed E-state index contributed by atoms with van der Waals surface area (Å²) < 4.78 is 1.93. The Morgan fingerprint density at radius 1 is 1.30 bits per heavy atom. The van der Waals surface area contributed by atoms with E-state index in [1.807, 2.05) is 18.2 Å².